The topological polar surface area (TPSA) is 64.0 Å². The van der Waals surface area contributed by atoms with Gasteiger partial charge in [-0.25, -0.2) is 0 Å². The number of anilines is 1. The minimum atomic E-state index is -0.425. The van der Waals surface area contributed by atoms with E-state index < -0.39 is 5.91 Å². The number of carbonyl (C=O) groups is 1. The van der Waals surface area contributed by atoms with E-state index in [0.29, 0.717) is 27.4 Å². The highest BCUT2D eigenvalue weighted by Crippen LogP contribution is 2.39. The lowest BCUT2D eigenvalue weighted by atomic mass is 10.0. The maximum atomic E-state index is 13.0. The highest BCUT2D eigenvalue weighted by atomic mass is 35.5. The molecule has 8 heteroatoms. The molecule has 0 radical (unpaired) electrons. The Kier molecular flexibility index (Phi) is 5.52. The quantitative estimate of drug-likeness (QED) is 0.421. The van der Waals surface area contributed by atoms with Crippen molar-refractivity contribution in [2.24, 2.45) is 7.05 Å². The van der Waals surface area contributed by atoms with E-state index in [-0.39, 0.29) is 15.6 Å². The molecule has 0 aliphatic carbocycles. The molecule has 4 rings (SSSR count). The molecule has 0 fully saturated rings. The zero-order valence-corrected chi connectivity index (χ0v) is 17.9. The first-order chi connectivity index (χ1) is 14.4. The van der Waals surface area contributed by atoms with Crippen LogP contribution in [0.2, 0.25) is 15.1 Å². The number of hydrogen-bond acceptors (Lipinski definition) is 3. The molecule has 0 saturated heterocycles. The van der Waals surface area contributed by atoms with Crippen LogP contribution >= 0.6 is 34.8 Å². The van der Waals surface area contributed by atoms with Crippen LogP contribution in [0.25, 0.3) is 22.0 Å². The molecule has 0 aliphatic heterocycles. The molecule has 30 heavy (non-hydrogen) atoms. The molecule has 1 amide bonds. The predicted octanol–water partition coefficient (Wildman–Crippen LogP) is 5.81. The molecule has 0 atom stereocenters. The van der Waals surface area contributed by atoms with Crippen molar-refractivity contribution in [3.8, 4) is 11.1 Å². The van der Waals surface area contributed by atoms with E-state index in [2.05, 4.69) is 10.3 Å². The standard InChI is InChI=1S/C22H14Cl3N3O2/c1-28-18-8-9-26-11-12(18)10-14(22(28)30)19-16(24)6-7-17(20(19)25)27-21(29)13-4-2-3-5-15(13)23/h2-11H,1H3,(H,27,29). The second-order valence-electron chi connectivity index (χ2n) is 6.57. The second kappa shape index (κ2) is 8.11. The van der Waals surface area contributed by atoms with Gasteiger partial charge in [-0.1, -0.05) is 46.9 Å². The van der Waals surface area contributed by atoms with Crippen LogP contribution in [0.1, 0.15) is 10.4 Å². The third-order valence-electron chi connectivity index (χ3n) is 4.75. The molecular weight excluding hydrogens is 445 g/mol. The molecule has 150 valence electrons. The molecule has 1 N–H and O–H groups in total. The number of pyridine rings is 2. The number of carbonyl (C=O) groups excluding carboxylic acids is 1. The average molecular weight is 459 g/mol. The Morgan fingerprint density at radius 1 is 1.03 bits per heavy atom. The van der Waals surface area contributed by atoms with Gasteiger partial charge in [-0.15, -0.1) is 0 Å². The fourth-order valence-corrected chi connectivity index (χ4v) is 4.08. The monoisotopic (exact) mass is 457 g/mol. The molecule has 2 heterocycles. The first-order valence-electron chi connectivity index (χ1n) is 8.86. The SMILES string of the molecule is Cn1c(=O)c(-c2c(Cl)ccc(NC(=O)c3ccccc3Cl)c2Cl)cc2cnccc21. The smallest absolute Gasteiger partial charge is 0.258 e. The number of halogens is 3. The van der Waals surface area contributed by atoms with Crippen LogP contribution in [-0.2, 0) is 7.05 Å². The van der Waals surface area contributed by atoms with E-state index in [4.69, 9.17) is 34.8 Å². The number of aromatic nitrogens is 2. The van der Waals surface area contributed by atoms with Crippen molar-refractivity contribution in [3.63, 3.8) is 0 Å². The van der Waals surface area contributed by atoms with Crippen LogP contribution in [0.3, 0.4) is 0 Å². The van der Waals surface area contributed by atoms with Crippen LogP contribution in [0.4, 0.5) is 5.69 Å². The van der Waals surface area contributed by atoms with Crippen LogP contribution in [0.15, 0.2) is 65.7 Å². The van der Waals surface area contributed by atoms with Gasteiger partial charge in [-0.05, 0) is 36.4 Å². The van der Waals surface area contributed by atoms with Gasteiger partial charge in [0.2, 0.25) is 0 Å². The van der Waals surface area contributed by atoms with Crippen molar-refractivity contribution in [3.05, 3.63) is 91.9 Å². The first-order valence-corrected chi connectivity index (χ1v) is 10.00. The van der Waals surface area contributed by atoms with E-state index in [1.165, 1.54) is 4.57 Å². The van der Waals surface area contributed by atoms with Crippen molar-refractivity contribution in [2.75, 3.05) is 5.32 Å². The van der Waals surface area contributed by atoms with Gasteiger partial charge in [-0.2, -0.15) is 0 Å². The van der Waals surface area contributed by atoms with Crippen molar-refractivity contribution < 1.29 is 4.79 Å². The summed E-state index contributed by atoms with van der Waals surface area (Å²) in [5, 5.41) is 4.26. The Labute approximate surface area is 186 Å². The van der Waals surface area contributed by atoms with Gasteiger partial charge in [0.15, 0.2) is 0 Å². The molecule has 4 aromatic rings. The highest BCUT2D eigenvalue weighted by molar-refractivity contribution is 6.41. The Morgan fingerprint density at radius 2 is 1.80 bits per heavy atom. The van der Waals surface area contributed by atoms with Gasteiger partial charge in [0.05, 0.1) is 37.4 Å². The van der Waals surface area contributed by atoms with Crippen molar-refractivity contribution in [1.82, 2.24) is 9.55 Å². The third kappa shape index (κ3) is 3.56. The second-order valence-corrected chi connectivity index (χ2v) is 7.77. The van der Waals surface area contributed by atoms with E-state index in [1.807, 2.05) is 0 Å². The van der Waals surface area contributed by atoms with Gasteiger partial charge in [-0.3, -0.25) is 14.6 Å². The summed E-state index contributed by atoms with van der Waals surface area (Å²) in [6, 6.07) is 13.3. The summed E-state index contributed by atoms with van der Waals surface area (Å²) in [6.07, 6.45) is 3.27. The third-order valence-corrected chi connectivity index (χ3v) is 5.79. The predicted molar refractivity (Wildman–Crippen MR) is 122 cm³/mol. The van der Waals surface area contributed by atoms with Crippen molar-refractivity contribution in [2.45, 2.75) is 0 Å². The minimum absolute atomic E-state index is 0.156. The van der Waals surface area contributed by atoms with E-state index in [9.17, 15) is 9.59 Å². The molecule has 0 bridgehead atoms. The van der Waals surface area contributed by atoms with Crippen LogP contribution in [0.5, 0.6) is 0 Å². The summed E-state index contributed by atoms with van der Waals surface area (Å²) < 4.78 is 1.51. The van der Waals surface area contributed by atoms with E-state index >= 15 is 0 Å². The van der Waals surface area contributed by atoms with E-state index in [0.717, 1.165) is 10.9 Å². The minimum Gasteiger partial charge on any atom is -0.321 e. The summed E-state index contributed by atoms with van der Waals surface area (Å²) in [4.78, 5) is 29.8. The Balaban J connectivity index is 1.84. The normalized spacial score (nSPS) is 10.9. The number of aryl methyl sites for hydroxylation is 1. The summed E-state index contributed by atoms with van der Waals surface area (Å²) >= 11 is 19.1. The lowest BCUT2D eigenvalue weighted by Crippen LogP contribution is -2.19. The number of nitrogens with zero attached hydrogens (tertiary/aromatic N) is 2. The lowest BCUT2D eigenvalue weighted by Gasteiger charge is -2.15. The summed E-state index contributed by atoms with van der Waals surface area (Å²) in [7, 11) is 1.67. The highest BCUT2D eigenvalue weighted by Gasteiger charge is 2.19. The van der Waals surface area contributed by atoms with Gasteiger partial charge in [0.1, 0.15) is 0 Å². The molecule has 0 unspecified atom stereocenters. The van der Waals surface area contributed by atoms with Crippen LogP contribution in [0, 0.1) is 0 Å². The molecular formula is C22H14Cl3N3O2. The molecule has 0 saturated carbocycles. The summed E-state index contributed by atoms with van der Waals surface area (Å²) in [6.45, 7) is 0. The Hall–Kier alpha value is -2.86. The van der Waals surface area contributed by atoms with Gasteiger partial charge in [0.25, 0.3) is 11.5 Å². The Morgan fingerprint density at radius 3 is 2.57 bits per heavy atom. The molecule has 2 aromatic heterocycles. The zero-order valence-electron chi connectivity index (χ0n) is 15.6. The maximum Gasteiger partial charge on any atom is 0.258 e. The molecule has 0 aliphatic rings. The van der Waals surface area contributed by atoms with Crippen molar-refractivity contribution >= 4 is 57.3 Å². The molecule has 5 nitrogen and oxygen atoms in total. The van der Waals surface area contributed by atoms with Gasteiger partial charge in [0, 0.05) is 30.4 Å². The number of rotatable bonds is 3. The Bertz CT molecular complexity index is 1370. The zero-order chi connectivity index (χ0) is 21.4. The van der Waals surface area contributed by atoms with Crippen LogP contribution < -0.4 is 10.9 Å². The number of nitrogens with one attached hydrogen (secondary N) is 1. The largest absolute Gasteiger partial charge is 0.321 e. The van der Waals surface area contributed by atoms with Gasteiger partial charge >= 0.3 is 0 Å². The van der Waals surface area contributed by atoms with Crippen LogP contribution in [-0.4, -0.2) is 15.5 Å². The number of benzene rings is 2. The first kappa shape index (κ1) is 20.4. The lowest BCUT2D eigenvalue weighted by molar-refractivity contribution is 0.102. The van der Waals surface area contributed by atoms with Crippen molar-refractivity contribution in [1.29, 1.82) is 0 Å². The summed E-state index contributed by atoms with van der Waals surface area (Å²) in [5.41, 5.74) is 1.72. The molecule has 2 aromatic carbocycles. The van der Waals surface area contributed by atoms with Gasteiger partial charge < -0.3 is 9.88 Å². The summed E-state index contributed by atoms with van der Waals surface area (Å²) in [5.74, 6) is -0.425. The fourth-order valence-electron chi connectivity index (χ4n) is 3.23. The fraction of sp³-hybridized carbons (Fsp3) is 0.0455. The maximum absolute atomic E-state index is 13.0. The number of hydrogen-bond donors (Lipinski definition) is 1. The number of fused-ring (bicyclic) bond motifs is 1. The molecule has 0 spiro atoms. The number of amides is 1. The van der Waals surface area contributed by atoms with E-state index in [1.54, 1.807) is 68.0 Å². The average Bonchev–Trinajstić information content (AvgIpc) is 2.74.